The molecule has 0 aliphatic heterocycles. The Kier molecular flexibility index (Phi) is 33.7. The highest BCUT2D eigenvalue weighted by atomic mass is 79.9. The molecular formula is C81H117Br3. The molecule has 9 rings (SSSR count). The van der Waals surface area contributed by atoms with Crippen molar-refractivity contribution in [3.05, 3.63) is 158 Å². The summed E-state index contributed by atoms with van der Waals surface area (Å²) in [5.74, 6) is 8.16. The largest absolute Gasteiger partial charge is 0.0802 e. The molecule has 0 amide bonds. The maximum atomic E-state index is 3.53. The van der Waals surface area contributed by atoms with Crippen LogP contribution in [0, 0.1) is 53.3 Å². The lowest BCUT2D eigenvalue weighted by Gasteiger charge is -2.33. The normalized spacial score (nSPS) is 24.9. The van der Waals surface area contributed by atoms with E-state index in [1.807, 2.05) is 0 Å². The lowest BCUT2D eigenvalue weighted by molar-refractivity contribution is 0.218. The van der Waals surface area contributed by atoms with E-state index in [1.165, 1.54) is 284 Å². The van der Waals surface area contributed by atoms with Crippen LogP contribution in [0.15, 0.2) is 141 Å². The molecule has 0 nitrogen and oxygen atoms in total. The summed E-state index contributed by atoms with van der Waals surface area (Å²) in [5, 5.41) is 0. The lowest BCUT2D eigenvalue weighted by Crippen LogP contribution is -2.21. The van der Waals surface area contributed by atoms with Crippen molar-refractivity contribution >= 4 is 64.5 Å². The second-order valence-electron chi connectivity index (χ2n) is 27.3. The zero-order chi connectivity index (χ0) is 58.8. The minimum absolute atomic E-state index is 0.776. The summed E-state index contributed by atoms with van der Waals surface area (Å²) in [6.07, 6.45) is 78.2. The molecular weight excluding hydrogens is 1210 g/mol. The van der Waals surface area contributed by atoms with Crippen LogP contribution in [0.2, 0.25) is 0 Å². The summed E-state index contributed by atoms with van der Waals surface area (Å²) in [6.45, 7) is 6.91. The zero-order valence-corrected chi connectivity index (χ0v) is 58.3. The van der Waals surface area contributed by atoms with Crippen LogP contribution in [0.3, 0.4) is 0 Å². The zero-order valence-electron chi connectivity index (χ0n) is 53.5. The summed E-state index contributed by atoms with van der Waals surface area (Å²) < 4.78 is 3.47. The molecule has 0 spiro atoms. The highest BCUT2D eigenvalue weighted by molar-refractivity contribution is 9.11. The summed E-state index contributed by atoms with van der Waals surface area (Å²) >= 11 is 10.6. The Morgan fingerprint density at radius 3 is 0.726 bits per heavy atom. The second-order valence-corrected chi connectivity index (χ2v) is 30.1. The Morgan fingerprint density at radius 1 is 0.286 bits per heavy atom. The topological polar surface area (TPSA) is 0 Å². The molecule has 3 atom stereocenters. The van der Waals surface area contributed by atoms with E-state index in [1.54, 1.807) is 0 Å². The molecule has 84 heavy (non-hydrogen) atoms. The standard InChI is InChI=1S/C28H41Br.C27H39Br.C26H37Br/c1-2-3-4-5-6-7-8-9-10-23-11-13-24(14-12-23)25-15-17-26(18-16-25)27-19-21-28(29)22-20-27;1-2-3-4-5-6-7-8-9-22-10-12-23(13-11-22)24-14-16-25(17-15-24)26-18-20-27(28)21-19-26;1-2-3-4-5-6-7-8-21-9-11-22(12-10-21)23-13-15-24(16-14-23)25-17-19-26(27)20-18-25/h15,17-25H,2-14,16H2,1H3;14,16-24H,2-13,15H2,1H3;13,15-23H,2-12,14H2,1H3. The van der Waals surface area contributed by atoms with E-state index >= 15 is 0 Å². The maximum Gasteiger partial charge on any atom is 0.0175 e. The monoisotopic (exact) mass is 1330 g/mol. The number of hydrogen-bond donors (Lipinski definition) is 0. The Hall–Kier alpha value is -2.46. The number of halogens is 3. The Labute approximate surface area is 542 Å². The number of rotatable bonds is 30. The van der Waals surface area contributed by atoms with E-state index in [0.29, 0.717) is 0 Å². The van der Waals surface area contributed by atoms with Crippen molar-refractivity contribution in [3.63, 3.8) is 0 Å². The number of allylic oxidation sites excluding steroid dienone is 12. The van der Waals surface area contributed by atoms with E-state index in [2.05, 4.69) is 196 Å². The molecule has 6 aliphatic carbocycles. The summed E-state index contributed by atoms with van der Waals surface area (Å²) in [4.78, 5) is 0. The molecule has 0 N–H and O–H groups in total. The van der Waals surface area contributed by atoms with Crippen LogP contribution < -0.4 is 0 Å². The molecule has 3 aromatic carbocycles. The van der Waals surface area contributed by atoms with Gasteiger partial charge in [0.1, 0.15) is 0 Å². The Bertz CT molecular complexity index is 2390. The minimum Gasteiger partial charge on any atom is -0.0802 e. The van der Waals surface area contributed by atoms with Crippen LogP contribution in [0.5, 0.6) is 0 Å². The van der Waals surface area contributed by atoms with Crippen LogP contribution in [0.25, 0.3) is 16.7 Å². The van der Waals surface area contributed by atoms with E-state index < -0.39 is 0 Å². The average Bonchev–Trinajstić information content (AvgIpc) is 3.70. The van der Waals surface area contributed by atoms with Crippen LogP contribution in [0.4, 0.5) is 0 Å². The van der Waals surface area contributed by atoms with Crippen LogP contribution >= 0.6 is 47.8 Å². The fraction of sp³-hybridized carbons (Fsp3) is 0.630. The highest BCUT2D eigenvalue weighted by Crippen LogP contribution is 2.43. The quantitative estimate of drug-likeness (QED) is 0.0584. The Morgan fingerprint density at radius 2 is 0.512 bits per heavy atom. The molecule has 0 bridgehead atoms. The molecule has 3 aromatic rings. The van der Waals surface area contributed by atoms with Gasteiger partial charge in [0.2, 0.25) is 0 Å². The van der Waals surface area contributed by atoms with E-state index in [-0.39, 0.29) is 0 Å². The third-order valence-corrected chi connectivity index (χ3v) is 22.7. The van der Waals surface area contributed by atoms with Gasteiger partial charge in [-0.25, -0.2) is 0 Å². The molecule has 6 aliphatic rings. The fourth-order valence-corrected chi connectivity index (χ4v) is 16.2. The maximum absolute atomic E-state index is 3.53. The minimum atomic E-state index is 0.776. The lowest BCUT2D eigenvalue weighted by atomic mass is 9.72. The molecule has 462 valence electrons. The molecule has 3 fully saturated rings. The molecule has 3 heteroatoms. The number of hydrogen-bond acceptors (Lipinski definition) is 0. The van der Waals surface area contributed by atoms with Gasteiger partial charge in [0, 0.05) is 13.4 Å². The van der Waals surface area contributed by atoms with Gasteiger partial charge in [-0.15, -0.1) is 0 Å². The van der Waals surface area contributed by atoms with E-state index in [9.17, 15) is 0 Å². The summed E-state index contributed by atoms with van der Waals surface area (Å²) in [6, 6.07) is 26.2. The average molecular weight is 1330 g/mol. The van der Waals surface area contributed by atoms with Gasteiger partial charge in [-0.3, -0.25) is 0 Å². The van der Waals surface area contributed by atoms with Gasteiger partial charge in [-0.05, 0) is 181 Å². The first-order valence-electron chi connectivity index (χ1n) is 35.7. The third kappa shape index (κ3) is 25.6. The predicted molar refractivity (Wildman–Crippen MR) is 382 cm³/mol. The van der Waals surface area contributed by atoms with Gasteiger partial charge >= 0.3 is 0 Å². The van der Waals surface area contributed by atoms with Gasteiger partial charge in [0.05, 0.1) is 0 Å². The van der Waals surface area contributed by atoms with Gasteiger partial charge in [-0.2, -0.15) is 0 Å². The van der Waals surface area contributed by atoms with Crippen molar-refractivity contribution in [1.29, 1.82) is 0 Å². The van der Waals surface area contributed by atoms with Crippen molar-refractivity contribution in [2.75, 3.05) is 0 Å². The molecule has 0 radical (unpaired) electrons. The van der Waals surface area contributed by atoms with Crippen molar-refractivity contribution in [2.45, 2.75) is 271 Å². The fourth-order valence-electron chi connectivity index (χ4n) is 15.4. The van der Waals surface area contributed by atoms with E-state index in [4.69, 9.17) is 0 Å². The first-order valence-corrected chi connectivity index (χ1v) is 38.1. The van der Waals surface area contributed by atoms with Gasteiger partial charge in [-0.1, -0.05) is 352 Å². The van der Waals surface area contributed by atoms with Crippen LogP contribution in [-0.2, 0) is 0 Å². The second kappa shape index (κ2) is 41.0. The van der Waals surface area contributed by atoms with Gasteiger partial charge in [0.25, 0.3) is 0 Å². The summed E-state index contributed by atoms with van der Waals surface area (Å²) in [7, 11) is 0. The first-order chi connectivity index (χ1) is 41.3. The van der Waals surface area contributed by atoms with Crippen molar-refractivity contribution < 1.29 is 0 Å². The highest BCUT2D eigenvalue weighted by Gasteiger charge is 2.29. The predicted octanol–water partition coefficient (Wildman–Crippen LogP) is 28.1. The molecule has 0 saturated heterocycles. The SMILES string of the molecule is CCCCCCCCC1CCC(C2C=CC(c3ccc(Br)cc3)=CC2)CC1.CCCCCCCCCC1CCC(C2C=CC(c3ccc(Br)cc3)=CC2)CC1.CCCCCCCCCCC1CCC(C2C=CC(c3ccc(Br)cc3)=CC2)CC1. The molecule has 0 aromatic heterocycles. The van der Waals surface area contributed by atoms with Crippen molar-refractivity contribution in [2.24, 2.45) is 53.3 Å². The van der Waals surface area contributed by atoms with Crippen LogP contribution in [0.1, 0.15) is 288 Å². The van der Waals surface area contributed by atoms with Gasteiger partial charge in [0.15, 0.2) is 0 Å². The molecule has 3 saturated carbocycles. The number of benzene rings is 3. The third-order valence-electron chi connectivity index (χ3n) is 21.1. The Balaban J connectivity index is 0.000000181. The first kappa shape index (κ1) is 69.0. The summed E-state index contributed by atoms with van der Waals surface area (Å²) in [5.41, 5.74) is 8.23. The van der Waals surface area contributed by atoms with Crippen molar-refractivity contribution in [1.82, 2.24) is 0 Å². The molecule has 0 heterocycles. The smallest absolute Gasteiger partial charge is 0.0175 e. The van der Waals surface area contributed by atoms with Gasteiger partial charge < -0.3 is 0 Å². The van der Waals surface area contributed by atoms with E-state index in [0.717, 1.165) is 66.7 Å². The number of unbranched alkanes of at least 4 members (excludes halogenated alkanes) is 18. The van der Waals surface area contributed by atoms with Crippen LogP contribution in [-0.4, -0.2) is 0 Å². The van der Waals surface area contributed by atoms with Crippen molar-refractivity contribution in [3.8, 4) is 0 Å². The molecule has 3 unspecified atom stereocenters.